The minimum absolute atomic E-state index is 0.538. The molecule has 5 rings (SSSR count). The van der Waals surface area contributed by atoms with Gasteiger partial charge in [-0.1, -0.05) is 24.3 Å². The maximum absolute atomic E-state index is 13.4. The van der Waals surface area contributed by atoms with Crippen LogP contribution in [-0.2, 0) is 6.67 Å². The van der Waals surface area contributed by atoms with Crippen LogP contribution in [0.4, 0.5) is 16.2 Å². The summed E-state index contributed by atoms with van der Waals surface area (Å²) in [7, 11) is 0. The molecule has 1 fully saturated rings. The monoisotopic (exact) mass is 362 g/mol. The van der Waals surface area contributed by atoms with Crippen molar-refractivity contribution >= 4 is 17.4 Å². The second-order valence-electron chi connectivity index (χ2n) is 6.96. The van der Waals surface area contributed by atoms with Gasteiger partial charge in [0.25, 0.3) is 0 Å². The van der Waals surface area contributed by atoms with Crippen LogP contribution in [0.1, 0.15) is 35.7 Å². The van der Waals surface area contributed by atoms with Crippen molar-refractivity contribution in [3.05, 3.63) is 59.5 Å². The fourth-order valence-electron chi connectivity index (χ4n) is 3.38. The lowest BCUT2D eigenvalue weighted by atomic mass is 10.1. The van der Waals surface area contributed by atoms with E-state index in [1.54, 1.807) is 12.3 Å². The smallest absolute Gasteiger partial charge is 0.215 e. The SMILES string of the molecule is Cc1cnc2cc(-c3ccccc3CF)nc(Nc3cc(C4CC4)[nH]n3)n12. The van der Waals surface area contributed by atoms with Crippen LogP contribution in [0.5, 0.6) is 0 Å². The molecule has 6 nitrogen and oxygen atoms in total. The van der Waals surface area contributed by atoms with E-state index in [2.05, 4.69) is 20.5 Å². The average Bonchev–Trinajstić information content (AvgIpc) is 3.33. The predicted octanol–water partition coefficient (Wildman–Crippen LogP) is 4.52. The Bertz CT molecular complexity index is 1120. The van der Waals surface area contributed by atoms with Crippen molar-refractivity contribution in [2.75, 3.05) is 5.32 Å². The molecular formula is C20H19FN6. The molecule has 1 aliphatic rings. The van der Waals surface area contributed by atoms with Crippen molar-refractivity contribution in [2.45, 2.75) is 32.4 Å². The van der Waals surface area contributed by atoms with Crippen LogP contribution in [0.25, 0.3) is 16.9 Å². The number of nitrogens with one attached hydrogen (secondary N) is 2. The minimum atomic E-state index is -0.538. The number of hydrogen-bond acceptors (Lipinski definition) is 4. The summed E-state index contributed by atoms with van der Waals surface area (Å²) < 4.78 is 15.4. The molecule has 0 atom stereocenters. The van der Waals surface area contributed by atoms with Crippen molar-refractivity contribution < 1.29 is 4.39 Å². The van der Waals surface area contributed by atoms with E-state index in [4.69, 9.17) is 4.98 Å². The van der Waals surface area contributed by atoms with Crippen molar-refractivity contribution in [1.82, 2.24) is 24.6 Å². The van der Waals surface area contributed by atoms with E-state index >= 15 is 0 Å². The van der Waals surface area contributed by atoms with E-state index in [1.165, 1.54) is 12.8 Å². The van der Waals surface area contributed by atoms with Crippen molar-refractivity contribution in [3.63, 3.8) is 0 Å². The second-order valence-corrected chi connectivity index (χ2v) is 6.96. The maximum Gasteiger partial charge on any atom is 0.215 e. The summed E-state index contributed by atoms with van der Waals surface area (Å²) in [6.07, 6.45) is 4.22. The van der Waals surface area contributed by atoms with Gasteiger partial charge in [0.05, 0.1) is 5.69 Å². The van der Waals surface area contributed by atoms with Gasteiger partial charge in [0.2, 0.25) is 5.95 Å². The molecule has 7 heteroatoms. The maximum atomic E-state index is 13.4. The molecule has 0 spiro atoms. The van der Waals surface area contributed by atoms with E-state index in [9.17, 15) is 4.39 Å². The van der Waals surface area contributed by atoms with Crippen LogP contribution in [0.15, 0.2) is 42.6 Å². The lowest BCUT2D eigenvalue weighted by molar-refractivity contribution is 0.486. The van der Waals surface area contributed by atoms with Crippen LogP contribution < -0.4 is 5.32 Å². The fourth-order valence-corrected chi connectivity index (χ4v) is 3.38. The summed E-state index contributed by atoms with van der Waals surface area (Å²) in [6.45, 7) is 1.44. The number of H-pyrrole nitrogens is 1. The van der Waals surface area contributed by atoms with Gasteiger partial charge >= 0.3 is 0 Å². The summed E-state index contributed by atoms with van der Waals surface area (Å²) in [5, 5.41) is 10.8. The zero-order chi connectivity index (χ0) is 18.4. The van der Waals surface area contributed by atoms with Crippen LogP contribution in [-0.4, -0.2) is 24.6 Å². The zero-order valence-electron chi connectivity index (χ0n) is 14.9. The Morgan fingerprint density at radius 2 is 2.11 bits per heavy atom. The number of nitrogens with zero attached hydrogens (tertiary/aromatic N) is 4. The lowest BCUT2D eigenvalue weighted by Crippen LogP contribution is -2.05. The second kappa shape index (κ2) is 6.19. The molecule has 0 aliphatic heterocycles. The highest BCUT2D eigenvalue weighted by Crippen LogP contribution is 2.39. The van der Waals surface area contributed by atoms with E-state index in [0.717, 1.165) is 28.4 Å². The number of aryl methyl sites for hydroxylation is 1. The Hall–Kier alpha value is -3.22. The van der Waals surface area contributed by atoms with Gasteiger partial charge in [0.15, 0.2) is 5.82 Å². The summed E-state index contributed by atoms with van der Waals surface area (Å²) in [6, 6.07) is 11.3. The van der Waals surface area contributed by atoms with Crippen molar-refractivity contribution in [1.29, 1.82) is 0 Å². The number of imidazole rings is 1. The number of hydrogen-bond donors (Lipinski definition) is 2. The Balaban J connectivity index is 1.61. The van der Waals surface area contributed by atoms with Crippen LogP contribution >= 0.6 is 0 Å². The Morgan fingerprint density at radius 1 is 1.26 bits per heavy atom. The van der Waals surface area contributed by atoms with Gasteiger partial charge in [0.1, 0.15) is 12.3 Å². The Kier molecular flexibility index (Phi) is 3.67. The van der Waals surface area contributed by atoms with Gasteiger partial charge in [-0.25, -0.2) is 14.4 Å². The molecule has 1 aromatic carbocycles. The molecule has 4 aromatic rings. The van der Waals surface area contributed by atoms with Crippen molar-refractivity contribution in [2.24, 2.45) is 0 Å². The van der Waals surface area contributed by atoms with Crippen LogP contribution in [0.3, 0.4) is 0 Å². The molecule has 27 heavy (non-hydrogen) atoms. The molecular weight excluding hydrogens is 343 g/mol. The van der Waals surface area contributed by atoms with E-state index in [0.29, 0.717) is 23.1 Å². The fraction of sp³-hybridized carbons (Fsp3) is 0.250. The van der Waals surface area contributed by atoms with E-state index in [-0.39, 0.29) is 0 Å². The Labute approximate surface area is 155 Å². The molecule has 0 saturated heterocycles. The third kappa shape index (κ3) is 2.85. The topological polar surface area (TPSA) is 70.9 Å². The summed E-state index contributed by atoms with van der Waals surface area (Å²) >= 11 is 0. The molecule has 3 aromatic heterocycles. The molecule has 0 amide bonds. The highest BCUT2D eigenvalue weighted by Gasteiger charge is 2.25. The number of halogens is 1. The molecule has 1 saturated carbocycles. The van der Waals surface area contributed by atoms with Crippen LogP contribution in [0.2, 0.25) is 0 Å². The minimum Gasteiger partial charge on any atom is -0.308 e. The van der Waals surface area contributed by atoms with Crippen LogP contribution in [0, 0.1) is 6.92 Å². The first kappa shape index (κ1) is 16.0. The third-order valence-corrected chi connectivity index (χ3v) is 4.96. The van der Waals surface area contributed by atoms with E-state index < -0.39 is 6.67 Å². The average molecular weight is 362 g/mol. The Morgan fingerprint density at radius 3 is 2.93 bits per heavy atom. The zero-order valence-corrected chi connectivity index (χ0v) is 14.9. The predicted molar refractivity (Wildman–Crippen MR) is 102 cm³/mol. The molecule has 2 N–H and O–H groups in total. The number of fused-ring (bicyclic) bond motifs is 1. The quantitative estimate of drug-likeness (QED) is 0.548. The number of aromatic nitrogens is 5. The molecule has 1 aliphatic carbocycles. The molecule has 136 valence electrons. The number of anilines is 2. The number of alkyl halides is 1. The largest absolute Gasteiger partial charge is 0.308 e. The number of rotatable bonds is 5. The highest BCUT2D eigenvalue weighted by atomic mass is 19.1. The molecule has 0 radical (unpaired) electrons. The first-order chi connectivity index (χ1) is 13.2. The summed E-state index contributed by atoms with van der Waals surface area (Å²) in [4.78, 5) is 9.24. The molecule has 3 heterocycles. The van der Waals surface area contributed by atoms with Gasteiger partial charge in [-0.05, 0) is 25.3 Å². The van der Waals surface area contributed by atoms with Gasteiger partial charge in [-0.15, -0.1) is 0 Å². The number of benzene rings is 1. The molecule has 0 bridgehead atoms. The standard InChI is InChI=1S/C20H19FN6/c1-12-11-22-19-9-17(15-5-3-2-4-14(15)10-21)23-20(27(12)19)24-18-8-16(25-26-18)13-6-7-13/h2-5,8-9,11,13H,6-7,10H2,1H3,(H2,23,24,25,26). The third-order valence-electron chi connectivity index (χ3n) is 4.96. The summed E-state index contributed by atoms with van der Waals surface area (Å²) in [5.41, 5.74) is 4.93. The van der Waals surface area contributed by atoms with Gasteiger partial charge in [0, 0.05) is 41.2 Å². The number of aromatic amines is 1. The van der Waals surface area contributed by atoms with Gasteiger partial charge in [-0.3, -0.25) is 9.50 Å². The molecule has 0 unspecified atom stereocenters. The highest BCUT2D eigenvalue weighted by molar-refractivity contribution is 5.70. The van der Waals surface area contributed by atoms with Gasteiger partial charge < -0.3 is 5.32 Å². The normalized spacial score (nSPS) is 14.0. The van der Waals surface area contributed by atoms with Crippen molar-refractivity contribution in [3.8, 4) is 11.3 Å². The van der Waals surface area contributed by atoms with E-state index in [1.807, 2.05) is 41.7 Å². The summed E-state index contributed by atoms with van der Waals surface area (Å²) in [5.74, 6) is 1.92. The lowest BCUT2D eigenvalue weighted by Gasteiger charge is -2.11. The first-order valence-corrected chi connectivity index (χ1v) is 9.04. The first-order valence-electron chi connectivity index (χ1n) is 9.04. The van der Waals surface area contributed by atoms with Gasteiger partial charge in [-0.2, -0.15) is 5.10 Å².